The maximum atomic E-state index is 12.1. The van der Waals surface area contributed by atoms with E-state index >= 15 is 0 Å². The van der Waals surface area contributed by atoms with Gasteiger partial charge in [0.15, 0.2) is 0 Å². The summed E-state index contributed by atoms with van der Waals surface area (Å²) in [6.45, 7) is 2.70. The Morgan fingerprint density at radius 1 is 1.47 bits per heavy atom. The minimum atomic E-state index is -0.221. The number of rotatable bonds is 4. The summed E-state index contributed by atoms with van der Waals surface area (Å²) in [6.07, 6.45) is 6.64. The molecule has 0 aromatic rings. The van der Waals surface area contributed by atoms with Crippen LogP contribution in [0.15, 0.2) is 0 Å². The molecule has 15 heavy (non-hydrogen) atoms. The van der Waals surface area contributed by atoms with Crippen molar-refractivity contribution in [1.29, 1.82) is 0 Å². The maximum Gasteiger partial charge on any atom is 0.227 e. The molecule has 2 unspecified atom stereocenters. The molecule has 2 saturated carbocycles. The van der Waals surface area contributed by atoms with Crippen LogP contribution in [-0.4, -0.2) is 18.5 Å². The van der Waals surface area contributed by atoms with E-state index in [2.05, 4.69) is 12.2 Å². The first kappa shape index (κ1) is 10.9. The number of amides is 1. The van der Waals surface area contributed by atoms with Crippen LogP contribution in [-0.2, 0) is 4.79 Å². The lowest BCUT2D eigenvalue weighted by Crippen LogP contribution is -2.45. The van der Waals surface area contributed by atoms with E-state index in [1.165, 1.54) is 12.8 Å². The molecule has 0 heterocycles. The van der Waals surface area contributed by atoms with E-state index in [1.54, 1.807) is 0 Å². The second kappa shape index (κ2) is 4.12. The normalized spacial score (nSPS) is 32.7. The Bertz CT molecular complexity index is 246. The summed E-state index contributed by atoms with van der Waals surface area (Å²) in [5.41, 5.74) is 5.55. The summed E-state index contributed by atoms with van der Waals surface area (Å²) in [6, 6.07) is 0.450. The van der Waals surface area contributed by atoms with Crippen LogP contribution in [0.2, 0.25) is 0 Å². The van der Waals surface area contributed by atoms with Crippen molar-refractivity contribution in [3.05, 3.63) is 0 Å². The van der Waals surface area contributed by atoms with E-state index in [-0.39, 0.29) is 11.3 Å². The molecular formula is C12H22N2O. The molecule has 0 radical (unpaired) electrons. The van der Waals surface area contributed by atoms with Gasteiger partial charge >= 0.3 is 0 Å². The number of carbonyl (C=O) groups is 1. The molecule has 2 aliphatic rings. The molecule has 0 spiro atoms. The Balaban J connectivity index is 1.89. The average Bonchev–Trinajstić information content (AvgIpc) is 2.81. The van der Waals surface area contributed by atoms with Crippen molar-refractivity contribution in [2.24, 2.45) is 17.1 Å². The molecule has 2 aliphatic carbocycles. The van der Waals surface area contributed by atoms with Crippen LogP contribution in [0.4, 0.5) is 0 Å². The number of hydrogen-bond donors (Lipinski definition) is 2. The van der Waals surface area contributed by atoms with E-state index in [4.69, 9.17) is 5.73 Å². The molecular weight excluding hydrogens is 188 g/mol. The molecule has 3 N–H and O–H groups in total. The molecule has 3 heteroatoms. The number of hydrogen-bond acceptors (Lipinski definition) is 2. The van der Waals surface area contributed by atoms with Gasteiger partial charge in [0.05, 0.1) is 5.41 Å². The Hall–Kier alpha value is -0.570. The van der Waals surface area contributed by atoms with Crippen LogP contribution in [0.5, 0.6) is 0 Å². The Morgan fingerprint density at radius 3 is 2.60 bits per heavy atom. The van der Waals surface area contributed by atoms with Crippen LogP contribution < -0.4 is 11.1 Å². The monoisotopic (exact) mass is 210 g/mol. The SMILES string of the molecule is CCC1CC1NC(=O)C1(CN)CCCC1. The lowest BCUT2D eigenvalue weighted by atomic mass is 9.85. The van der Waals surface area contributed by atoms with Crippen LogP contribution in [0.3, 0.4) is 0 Å². The summed E-state index contributed by atoms with van der Waals surface area (Å²) < 4.78 is 0. The Morgan fingerprint density at radius 2 is 2.13 bits per heavy atom. The molecule has 2 atom stereocenters. The fourth-order valence-corrected chi connectivity index (χ4v) is 2.77. The van der Waals surface area contributed by atoms with E-state index < -0.39 is 0 Å². The highest BCUT2D eigenvalue weighted by Crippen LogP contribution is 2.39. The van der Waals surface area contributed by atoms with E-state index in [9.17, 15) is 4.79 Å². The van der Waals surface area contributed by atoms with Gasteiger partial charge in [0.1, 0.15) is 0 Å². The van der Waals surface area contributed by atoms with E-state index in [0.29, 0.717) is 12.6 Å². The fourth-order valence-electron chi connectivity index (χ4n) is 2.77. The van der Waals surface area contributed by atoms with Crippen LogP contribution in [0.25, 0.3) is 0 Å². The van der Waals surface area contributed by atoms with Crippen molar-refractivity contribution in [2.45, 2.75) is 51.5 Å². The van der Waals surface area contributed by atoms with Crippen molar-refractivity contribution in [3.63, 3.8) is 0 Å². The summed E-state index contributed by atoms with van der Waals surface area (Å²) >= 11 is 0. The van der Waals surface area contributed by atoms with Gasteiger partial charge in [-0.05, 0) is 25.2 Å². The Labute approximate surface area is 91.8 Å². The average molecular weight is 210 g/mol. The van der Waals surface area contributed by atoms with Crippen LogP contribution in [0, 0.1) is 11.3 Å². The van der Waals surface area contributed by atoms with Crippen molar-refractivity contribution >= 4 is 5.91 Å². The van der Waals surface area contributed by atoms with Gasteiger partial charge in [-0.2, -0.15) is 0 Å². The predicted octanol–water partition coefficient (Wildman–Crippen LogP) is 1.42. The van der Waals surface area contributed by atoms with Gasteiger partial charge in [-0.1, -0.05) is 26.2 Å². The topological polar surface area (TPSA) is 55.1 Å². The van der Waals surface area contributed by atoms with Gasteiger partial charge in [-0.15, -0.1) is 0 Å². The summed E-state index contributed by atoms with van der Waals surface area (Å²) in [4.78, 5) is 12.1. The Kier molecular flexibility index (Phi) is 3.01. The highest BCUT2D eigenvalue weighted by molar-refractivity contribution is 5.83. The van der Waals surface area contributed by atoms with Crippen molar-refractivity contribution < 1.29 is 4.79 Å². The molecule has 0 aromatic carbocycles. The quantitative estimate of drug-likeness (QED) is 0.737. The van der Waals surface area contributed by atoms with Crippen LogP contribution >= 0.6 is 0 Å². The second-order valence-corrected chi connectivity index (χ2v) is 5.18. The zero-order valence-corrected chi connectivity index (χ0v) is 9.59. The molecule has 2 rings (SSSR count). The highest BCUT2D eigenvalue weighted by atomic mass is 16.2. The van der Waals surface area contributed by atoms with Gasteiger partial charge < -0.3 is 11.1 Å². The lowest BCUT2D eigenvalue weighted by Gasteiger charge is -2.25. The van der Waals surface area contributed by atoms with Gasteiger partial charge in [0, 0.05) is 12.6 Å². The number of nitrogens with two attached hydrogens (primary N) is 1. The third-order valence-electron chi connectivity index (χ3n) is 4.20. The molecule has 0 aliphatic heterocycles. The number of carbonyl (C=O) groups excluding carboxylic acids is 1. The second-order valence-electron chi connectivity index (χ2n) is 5.18. The molecule has 86 valence electrons. The summed E-state index contributed by atoms with van der Waals surface area (Å²) in [5, 5.41) is 3.17. The summed E-state index contributed by atoms with van der Waals surface area (Å²) in [5.74, 6) is 0.952. The largest absolute Gasteiger partial charge is 0.353 e. The summed E-state index contributed by atoms with van der Waals surface area (Å²) in [7, 11) is 0. The highest BCUT2D eigenvalue weighted by Gasteiger charge is 2.44. The van der Waals surface area contributed by atoms with Gasteiger partial charge in [-0.25, -0.2) is 0 Å². The minimum absolute atomic E-state index is 0.221. The van der Waals surface area contributed by atoms with E-state index in [0.717, 1.165) is 31.6 Å². The molecule has 0 saturated heterocycles. The molecule has 2 fully saturated rings. The van der Waals surface area contributed by atoms with Gasteiger partial charge in [-0.3, -0.25) is 4.79 Å². The fraction of sp³-hybridized carbons (Fsp3) is 0.917. The first-order valence-corrected chi connectivity index (χ1v) is 6.23. The molecule has 0 bridgehead atoms. The standard InChI is InChI=1S/C12H22N2O/c1-2-9-7-10(9)14-11(15)12(8-13)5-3-4-6-12/h9-10H,2-8,13H2,1H3,(H,14,15). The minimum Gasteiger partial charge on any atom is -0.353 e. The van der Waals surface area contributed by atoms with Crippen molar-refractivity contribution in [3.8, 4) is 0 Å². The van der Waals surface area contributed by atoms with E-state index in [1.807, 2.05) is 0 Å². The zero-order chi connectivity index (χ0) is 10.9. The molecule has 0 aromatic heterocycles. The smallest absolute Gasteiger partial charge is 0.227 e. The lowest BCUT2D eigenvalue weighted by molar-refractivity contribution is -0.130. The number of nitrogens with one attached hydrogen (secondary N) is 1. The first-order valence-electron chi connectivity index (χ1n) is 6.23. The van der Waals surface area contributed by atoms with Crippen LogP contribution in [0.1, 0.15) is 45.4 Å². The maximum absolute atomic E-state index is 12.1. The van der Waals surface area contributed by atoms with Crippen molar-refractivity contribution in [2.75, 3.05) is 6.54 Å². The van der Waals surface area contributed by atoms with Gasteiger partial charge in [0.25, 0.3) is 0 Å². The third-order valence-corrected chi connectivity index (χ3v) is 4.20. The third kappa shape index (κ3) is 2.03. The predicted molar refractivity (Wildman–Crippen MR) is 60.3 cm³/mol. The molecule has 3 nitrogen and oxygen atoms in total. The zero-order valence-electron chi connectivity index (χ0n) is 9.59. The van der Waals surface area contributed by atoms with Gasteiger partial charge in [0.2, 0.25) is 5.91 Å². The van der Waals surface area contributed by atoms with Crippen molar-refractivity contribution in [1.82, 2.24) is 5.32 Å². The molecule has 1 amide bonds. The first-order chi connectivity index (χ1) is 7.22.